The summed E-state index contributed by atoms with van der Waals surface area (Å²) >= 11 is 0. The first kappa shape index (κ1) is 65.1. The molecule has 0 aliphatic heterocycles. The maximum absolute atomic E-state index is 12.8. The Bertz CT molecular complexity index is 1250. The van der Waals surface area contributed by atoms with Crippen LogP contribution in [0.2, 0.25) is 0 Å². The minimum atomic E-state index is -0.565. The molecule has 5 heteroatoms. The molecule has 0 amide bonds. The molecule has 0 spiro atoms. The van der Waals surface area contributed by atoms with E-state index in [0.29, 0.717) is 19.4 Å². The molecule has 0 saturated heterocycles. The number of allylic oxidation sites excluding steroid dienone is 14. The number of hydrogen-bond donors (Lipinski definition) is 0. The summed E-state index contributed by atoms with van der Waals surface area (Å²) in [5, 5.41) is 0. The van der Waals surface area contributed by atoms with Gasteiger partial charge < -0.3 is 14.2 Å². The number of carbonyl (C=O) groups excluding carboxylic acids is 2. The molecule has 0 aromatic rings. The number of carbonyl (C=O) groups is 2. The molecule has 0 radical (unpaired) electrons. The predicted octanol–water partition coefficient (Wildman–Crippen LogP) is 20.0. The molecule has 392 valence electrons. The van der Waals surface area contributed by atoms with Crippen LogP contribution in [0.25, 0.3) is 0 Å². The van der Waals surface area contributed by atoms with Gasteiger partial charge in [-0.2, -0.15) is 0 Å². The van der Waals surface area contributed by atoms with E-state index in [1.54, 1.807) is 0 Å². The summed E-state index contributed by atoms with van der Waals surface area (Å²) in [5.41, 5.74) is 0. The van der Waals surface area contributed by atoms with Crippen molar-refractivity contribution >= 4 is 11.9 Å². The van der Waals surface area contributed by atoms with Crippen LogP contribution in [0, 0.1) is 0 Å². The highest BCUT2D eigenvalue weighted by atomic mass is 16.6. The van der Waals surface area contributed by atoms with E-state index in [1.807, 2.05) is 0 Å². The first-order valence-corrected chi connectivity index (χ1v) is 29.1. The normalized spacial score (nSPS) is 12.8. The SMILES string of the molecule is CC/C=C\C/C=C\C/C=C\C/C=C\CCCCC(=O)OC(COCCCCCCCCCC/C=C\CCCCCCCC)COC(=O)CCCCCCCCCCC/C=C\C/C=C\CCCCC. The first-order chi connectivity index (χ1) is 33.6. The highest BCUT2D eigenvalue weighted by molar-refractivity contribution is 5.70. The standard InChI is InChI=1S/C63H110O5/c1-4-7-10-13-16-19-22-25-28-30-32-33-36-38-41-44-47-50-53-56-62(64)67-60-61(68-63(65)57-54-51-48-45-42-39-35-27-24-21-18-15-12-9-6-3)59-66-58-55-52-49-46-43-40-37-34-31-29-26-23-20-17-14-11-8-5-2/h9,12,16,18-19,21,25-29,35,42,45,61H,4-8,10-11,13-15,17,20,22-24,30-34,36-41,43-44,46-60H2,1-3H3/b12-9-,19-16-,21-18-,28-25-,29-26-,35-27-,45-42-. The zero-order valence-corrected chi connectivity index (χ0v) is 45.1. The van der Waals surface area contributed by atoms with Crippen molar-refractivity contribution in [2.75, 3.05) is 19.8 Å². The Balaban J connectivity index is 4.32. The van der Waals surface area contributed by atoms with Crippen LogP contribution >= 0.6 is 0 Å². The second-order valence-corrected chi connectivity index (χ2v) is 19.2. The van der Waals surface area contributed by atoms with Gasteiger partial charge >= 0.3 is 11.9 Å². The summed E-state index contributed by atoms with van der Waals surface area (Å²) in [6.07, 6.45) is 77.5. The average molecular weight is 948 g/mol. The molecule has 0 aromatic heterocycles. The van der Waals surface area contributed by atoms with Crippen molar-refractivity contribution in [2.24, 2.45) is 0 Å². The molecule has 0 rings (SSSR count). The molecule has 0 N–H and O–H groups in total. The Morgan fingerprint density at radius 3 is 1.13 bits per heavy atom. The van der Waals surface area contributed by atoms with Crippen LogP contribution in [0.4, 0.5) is 0 Å². The van der Waals surface area contributed by atoms with Gasteiger partial charge in [0, 0.05) is 19.4 Å². The summed E-state index contributed by atoms with van der Waals surface area (Å²) in [6.45, 7) is 7.65. The Hall–Kier alpha value is -2.92. The lowest BCUT2D eigenvalue weighted by molar-refractivity contribution is -0.163. The van der Waals surface area contributed by atoms with Gasteiger partial charge in [-0.25, -0.2) is 0 Å². The lowest BCUT2D eigenvalue weighted by Crippen LogP contribution is -2.30. The number of unbranched alkanes of at least 4 members (excludes halogenated alkanes) is 28. The highest BCUT2D eigenvalue weighted by Crippen LogP contribution is 2.15. The maximum atomic E-state index is 12.8. The molecule has 0 fully saturated rings. The van der Waals surface area contributed by atoms with Crippen LogP contribution in [0.15, 0.2) is 85.1 Å². The van der Waals surface area contributed by atoms with Crippen molar-refractivity contribution in [1.29, 1.82) is 0 Å². The fourth-order valence-corrected chi connectivity index (χ4v) is 8.06. The minimum Gasteiger partial charge on any atom is -0.462 e. The zero-order valence-electron chi connectivity index (χ0n) is 45.1. The van der Waals surface area contributed by atoms with Crippen molar-refractivity contribution < 1.29 is 23.8 Å². The number of ether oxygens (including phenoxy) is 3. The van der Waals surface area contributed by atoms with Gasteiger partial charge in [-0.3, -0.25) is 9.59 Å². The molecular formula is C63H110O5. The quantitative estimate of drug-likeness (QED) is 0.0345. The second kappa shape index (κ2) is 58.4. The smallest absolute Gasteiger partial charge is 0.306 e. The van der Waals surface area contributed by atoms with E-state index in [4.69, 9.17) is 14.2 Å². The number of hydrogen-bond acceptors (Lipinski definition) is 5. The molecular weight excluding hydrogens is 837 g/mol. The van der Waals surface area contributed by atoms with Gasteiger partial charge in [0.2, 0.25) is 0 Å². The summed E-state index contributed by atoms with van der Waals surface area (Å²) in [4.78, 5) is 25.5. The van der Waals surface area contributed by atoms with Crippen LogP contribution < -0.4 is 0 Å². The highest BCUT2D eigenvalue weighted by Gasteiger charge is 2.17. The lowest BCUT2D eigenvalue weighted by atomic mass is 10.1. The molecule has 0 heterocycles. The summed E-state index contributed by atoms with van der Waals surface area (Å²) < 4.78 is 17.4. The third-order valence-corrected chi connectivity index (χ3v) is 12.4. The van der Waals surface area contributed by atoms with Crippen molar-refractivity contribution in [3.05, 3.63) is 85.1 Å². The Kier molecular flexibility index (Phi) is 55.9. The first-order valence-electron chi connectivity index (χ1n) is 29.1. The summed E-state index contributed by atoms with van der Waals surface area (Å²) in [5.74, 6) is -0.446. The van der Waals surface area contributed by atoms with Crippen LogP contribution in [-0.4, -0.2) is 37.9 Å². The molecule has 0 saturated carbocycles. The van der Waals surface area contributed by atoms with Crippen molar-refractivity contribution in [3.8, 4) is 0 Å². The van der Waals surface area contributed by atoms with Crippen LogP contribution in [0.5, 0.6) is 0 Å². The molecule has 1 atom stereocenters. The van der Waals surface area contributed by atoms with E-state index >= 15 is 0 Å². The van der Waals surface area contributed by atoms with Gasteiger partial charge in [0.15, 0.2) is 6.10 Å². The fraction of sp³-hybridized carbons (Fsp3) is 0.746. The van der Waals surface area contributed by atoms with Gasteiger partial charge in [-0.15, -0.1) is 0 Å². The average Bonchev–Trinajstić information content (AvgIpc) is 3.34. The maximum Gasteiger partial charge on any atom is 0.306 e. The Labute approximate surface area is 422 Å². The monoisotopic (exact) mass is 947 g/mol. The Morgan fingerprint density at radius 1 is 0.338 bits per heavy atom. The predicted molar refractivity (Wildman–Crippen MR) is 297 cm³/mol. The molecule has 0 aliphatic carbocycles. The van der Waals surface area contributed by atoms with Gasteiger partial charge in [-0.1, -0.05) is 234 Å². The molecule has 68 heavy (non-hydrogen) atoms. The molecule has 0 bridgehead atoms. The zero-order chi connectivity index (χ0) is 49.2. The van der Waals surface area contributed by atoms with E-state index in [0.717, 1.165) is 83.5 Å². The third-order valence-electron chi connectivity index (χ3n) is 12.4. The van der Waals surface area contributed by atoms with Crippen molar-refractivity contribution in [2.45, 2.75) is 284 Å². The number of rotatable bonds is 53. The lowest BCUT2D eigenvalue weighted by Gasteiger charge is -2.18. The van der Waals surface area contributed by atoms with Crippen LogP contribution in [0.3, 0.4) is 0 Å². The van der Waals surface area contributed by atoms with E-state index in [9.17, 15) is 9.59 Å². The van der Waals surface area contributed by atoms with E-state index in [2.05, 4.69) is 106 Å². The Morgan fingerprint density at radius 2 is 0.662 bits per heavy atom. The molecule has 5 nitrogen and oxygen atoms in total. The molecule has 0 aliphatic rings. The third kappa shape index (κ3) is 55.7. The van der Waals surface area contributed by atoms with Gasteiger partial charge in [0.1, 0.15) is 6.61 Å². The van der Waals surface area contributed by atoms with Gasteiger partial charge in [0.25, 0.3) is 0 Å². The van der Waals surface area contributed by atoms with E-state index in [1.165, 1.54) is 161 Å². The van der Waals surface area contributed by atoms with Gasteiger partial charge in [0.05, 0.1) is 6.61 Å². The largest absolute Gasteiger partial charge is 0.462 e. The minimum absolute atomic E-state index is 0.0629. The van der Waals surface area contributed by atoms with Gasteiger partial charge in [-0.05, 0) is 116 Å². The summed E-state index contributed by atoms with van der Waals surface area (Å²) in [6, 6.07) is 0. The van der Waals surface area contributed by atoms with E-state index < -0.39 is 6.10 Å². The van der Waals surface area contributed by atoms with Crippen molar-refractivity contribution in [1.82, 2.24) is 0 Å². The van der Waals surface area contributed by atoms with E-state index in [-0.39, 0.29) is 25.2 Å². The van der Waals surface area contributed by atoms with Crippen LogP contribution in [-0.2, 0) is 23.8 Å². The second-order valence-electron chi connectivity index (χ2n) is 19.2. The molecule has 1 unspecified atom stereocenters. The fourth-order valence-electron chi connectivity index (χ4n) is 8.06. The number of esters is 2. The molecule has 0 aromatic carbocycles. The summed E-state index contributed by atoms with van der Waals surface area (Å²) in [7, 11) is 0. The van der Waals surface area contributed by atoms with Crippen molar-refractivity contribution in [3.63, 3.8) is 0 Å². The topological polar surface area (TPSA) is 61.8 Å². The van der Waals surface area contributed by atoms with Crippen LogP contribution in [0.1, 0.15) is 278 Å².